The monoisotopic (exact) mass is 1150 g/mol. The molecule has 0 fully saturated rings. The van der Waals surface area contributed by atoms with Gasteiger partial charge in [0.25, 0.3) is 0 Å². The molecule has 0 aliphatic carbocycles. The normalized spacial score (nSPS) is 12.3. The maximum absolute atomic E-state index is 15.0. The zero-order valence-electron chi connectivity index (χ0n) is 40.2. The molecule has 0 radical (unpaired) electrons. The molecule has 9 aromatic carbocycles. The summed E-state index contributed by atoms with van der Waals surface area (Å²) >= 11 is 0. The van der Waals surface area contributed by atoms with Crippen LogP contribution in [-0.2, 0) is 26.5 Å². The van der Waals surface area contributed by atoms with E-state index in [9.17, 15) is 0 Å². The minimum Gasteiger partial charge on any atom is -0.509 e. The maximum Gasteiger partial charge on any atom is 0.135 e. The molecular formula is C64H43F4N4OPt-3. The van der Waals surface area contributed by atoms with Crippen molar-refractivity contribution in [3.05, 3.63) is 248 Å². The van der Waals surface area contributed by atoms with Gasteiger partial charge in [-0.15, -0.1) is 53.6 Å². The van der Waals surface area contributed by atoms with E-state index in [1.165, 1.54) is 24.3 Å². The number of halogens is 4. The van der Waals surface area contributed by atoms with Gasteiger partial charge in [0.05, 0.1) is 0 Å². The number of hydrogen-bond donors (Lipinski definition) is 0. The summed E-state index contributed by atoms with van der Waals surface area (Å²) in [5.41, 5.74) is 10.5. The van der Waals surface area contributed by atoms with E-state index in [1.54, 1.807) is 18.2 Å². The second kappa shape index (κ2) is 19.3. The van der Waals surface area contributed by atoms with Crippen LogP contribution in [0.3, 0.4) is 0 Å². The Hall–Kier alpha value is -8.26. The third-order valence-electron chi connectivity index (χ3n) is 13.3. The number of rotatable bonds is 9. The molecule has 0 spiro atoms. The van der Waals surface area contributed by atoms with Crippen LogP contribution in [0, 0.1) is 42.1 Å². The van der Waals surface area contributed by atoms with Crippen LogP contribution >= 0.6 is 0 Å². The van der Waals surface area contributed by atoms with Crippen molar-refractivity contribution in [3.63, 3.8) is 0 Å². The average Bonchev–Trinajstić information content (AvgIpc) is 3.95. The quantitative estimate of drug-likeness (QED) is 0.107. The fourth-order valence-corrected chi connectivity index (χ4v) is 9.83. The average molecular weight is 1160 g/mol. The molecule has 74 heavy (non-hydrogen) atoms. The van der Waals surface area contributed by atoms with Gasteiger partial charge in [-0.25, -0.2) is 22.5 Å². The molecule has 1 aliphatic rings. The molecule has 5 nitrogen and oxygen atoms in total. The summed E-state index contributed by atoms with van der Waals surface area (Å²) in [7, 11) is 0. The number of hydrogen-bond acceptors (Lipinski definition) is 4. The van der Waals surface area contributed by atoms with Gasteiger partial charge in [-0.3, -0.25) is 0 Å². The van der Waals surface area contributed by atoms with Crippen molar-refractivity contribution in [2.24, 2.45) is 0 Å². The zero-order chi connectivity index (χ0) is 50.0. The van der Waals surface area contributed by atoms with Crippen molar-refractivity contribution in [1.29, 1.82) is 0 Å². The van der Waals surface area contributed by atoms with Crippen molar-refractivity contribution in [2.75, 3.05) is 9.80 Å². The Balaban J connectivity index is 0.00000588. The number of anilines is 4. The number of benzene rings is 9. The first-order valence-electron chi connectivity index (χ1n) is 23.8. The minimum absolute atomic E-state index is 0. The van der Waals surface area contributed by atoms with Crippen molar-refractivity contribution in [3.8, 4) is 61.8 Å². The summed E-state index contributed by atoms with van der Waals surface area (Å²) in [4.78, 5) is 8.70. The molecule has 2 aromatic heterocycles. The van der Waals surface area contributed by atoms with Gasteiger partial charge in [0.2, 0.25) is 0 Å². The Morgan fingerprint density at radius 3 is 1.72 bits per heavy atom. The Labute approximate surface area is 440 Å². The largest absolute Gasteiger partial charge is 0.509 e. The summed E-state index contributed by atoms with van der Waals surface area (Å²) in [6, 6.07) is 65.5. The molecule has 3 heterocycles. The Morgan fingerprint density at radius 2 is 1.07 bits per heavy atom. The van der Waals surface area contributed by atoms with E-state index in [4.69, 9.17) is 9.72 Å². The predicted molar refractivity (Wildman–Crippen MR) is 285 cm³/mol. The number of nitrogens with zero attached hydrogens (tertiary/aromatic N) is 4. The minimum atomic E-state index is -0.768. The van der Waals surface area contributed by atoms with Crippen molar-refractivity contribution in [2.45, 2.75) is 26.2 Å². The first-order chi connectivity index (χ1) is 35.4. The fourth-order valence-electron chi connectivity index (χ4n) is 9.83. The second-order valence-corrected chi connectivity index (χ2v) is 19.1. The van der Waals surface area contributed by atoms with E-state index in [2.05, 4.69) is 98.1 Å². The number of ether oxygens (including phenoxy) is 1. The van der Waals surface area contributed by atoms with Crippen LogP contribution in [-0.4, -0.2) is 9.55 Å². The number of aromatic nitrogens is 2. The smallest absolute Gasteiger partial charge is 0.135 e. The van der Waals surface area contributed by atoms with E-state index in [0.717, 1.165) is 73.3 Å². The summed E-state index contributed by atoms with van der Waals surface area (Å²) in [5, 5.41) is 2.05. The van der Waals surface area contributed by atoms with Crippen molar-refractivity contribution >= 4 is 44.6 Å². The standard InChI is InChI=1S/C64H43F4N4O.Pt/c1-64(2,3)46-26-27-69-62(34-46)72-58-17-8-7-14-56(58)57-25-24-52(38-61(57)72)73-53-33-43(42-22-20-41(21-23-42)40-12-5-4-6-13-40)32-51(37-53)70-39-71(60-19-10-9-18-59(60)70)63-54(44-28-47(65)35-48(66)29-44)15-11-16-55(63)45-30-49(67)36-50(68)31-45;/h4-36,39H,1-3H3;/q-3;. The third kappa shape index (κ3) is 9.02. The third-order valence-corrected chi connectivity index (χ3v) is 13.3. The molecule has 0 amide bonds. The van der Waals surface area contributed by atoms with Crippen LogP contribution in [0.5, 0.6) is 11.5 Å². The second-order valence-electron chi connectivity index (χ2n) is 19.1. The van der Waals surface area contributed by atoms with Crippen molar-refractivity contribution in [1.82, 2.24) is 9.55 Å². The molecule has 10 heteroatoms. The summed E-state index contributed by atoms with van der Waals surface area (Å²) in [5.74, 6) is -1.44. The first kappa shape index (κ1) is 48.0. The molecule has 1 aliphatic heterocycles. The van der Waals surface area contributed by atoms with E-state index in [-0.39, 0.29) is 37.6 Å². The maximum atomic E-state index is 15.0. The molecule has 11 aromatic rings. The van der Waals surface area contributed by atoms with E-state index >= 15 is 17.6 Å². The number of fused-ring (bicyclic) bond motifs is 4. The molecule has 0 bridgehead atoms. The topological polar surface area (TPSA) is 33.5 Å². The van der Waals surface area contributed by atoms with E-state index in [1.807, 2.05) is 102 Å². The van der Waals surface area contributed by atoms with E-state index in [0.29, 0.717) is 39.7 Å². The van der Waals surface area contributed by atoms with Gasteiger partial charge in [-0.2, -0.15) is 6.07 Å². The molecular weight excluding hydrogens is 1110 g/mol. The molecule has 0 unspecified atom stereocenters. The van der Waals surface area contributed by atoms with Gasteiger partial charge in [-0.05, 0) is 98.8 Å². The number of para-hydroxylation sites is 4. The van der Waals surface area contributed by atoms with Crippen molar-refractivity contribution < 1.29 is 43.4 Å². The van der Waals surface area contributed by atoms with Crippen LogP contribution in [0.15, 0.2) is 200 Å². The zero-order valence-corrected chi connectivity index (χ0v) is 42.4. The molecule has 0 saturated heterocycles. The molecule has 366 valence electrons. The first-order valence-corrected chi connectivity index (χ1v) is 23.8. The molecule has 0 atom stereocenters. The summed E-state index contributed by atoms with van der Waals surface area (Å²) in [6.45, 7) is 8.40. The molecule has 0 saturated carbocycles. The summed E-state index contributed by atoms with van der Waals surface area (Å²) in [6.07, 6.45) is 1.85. The van der Waals surface area contributed by atoms with Gasteiger partial charge in [0.15, 0.2) is 0 Å². The predicted octanol–water partition coefficient (Wildman–Crippen LogP) is 17.5. The fraction of sp³-hybridized carbons (Fsp3) is 0.0625. The van der Waals surface area contributed by atoms with Crippen LogP contribution in [0.2, 0.25) is 0 Å². The van der Waals surface area contributed by atoms with Crippen LogP contribution < -0.4 is 14.5 Å². The van der Waals surface area contributed by atoms with Crippen LogP contribution in [0.1, 0.15) is 26.3 Å². The summed E-state index contributed by atoms with van der Waals surface area (Å²) < 4.78 is 69.1. The van der Waals surface area contributed by atoms with Crippen LogP contribution in [0.4, 0.5) is 40.3 Å². The Morgan fingerprint density at radius 1 is 0.486 bits per heavy atom. The van der Waals surface area contributed by atoms with Gasteiger partial charge in [0.1, 0.15) is 29.1 Å². The molecule has 12 rings (SSSR count). The van der Waals surface area contributed by atoms with Gasteiger partial charge in [-0.1, -0.05) is 129 Å². The number of pyridine rings is 1. The van der Waals surface area contributed by atoms with Crippen LogP contribution in [0.25, 0.3) is 72.1 Å². The van der Waals surface area contributed by atoms with E-state index < -0.39 is 23.3 Å². The Bertz CT molecular complexity index is 3820. The van der Waals surface area contributed by atoms with Gasteiger partial charge < -0.3 is 19.1 Å². The van der Waals surface area contributed by atoms with Gasteiger partial charge >= 0.3 is 0 Å². The Kier molecular flexibility index (Phi) is 12.5. The molecule has 0 N–H and O–H groups in total. The SMILES string of the molecule is CC(C)(C)c1ccnc(-n2c3[c-]c(Oc4[c-]c(N5[CH-]N(c6c(-c7cc(F)cc(F)c7)cccc6-c6cc(F)cc(F)c6)c6ccccc65)cc(-c5ccc(-c6ccccc6)cc5)c4)ccc3c3ccccc32)c1.[Pt]. The van der Waals surface area contributed by atoms with Gasteiger partial charge in [0, 0.05) is 84.6 Å².